The van der Waals surface area contributed by atoms with E-state index in [1.54, 1.807) is 0 Å². The normalized spacial score (nSPS) is 16.6. The van der Waals surface area contributed by atoms with Gasteiger partial charge in [0.25, 0.3) is 0 Å². The minimum Gasteiger partial charge on any atom is -0.388 e. The molecule has 0 bridgehead atoms. The highest BCUT2D eigenvalue weighted by Gasteiger charge is 2.34. The van der Waals surface area contributed by atoms with Crippen LogP contribution >= 0.6 is 0 Å². The van der Waals surface area contributed by atoms with Crippen LogP contribution in [0.15, 0.2) is 54.6 Å². The molecule has 1 aliphatic carbocycles. The predicted octanol–water partition coefficient (Wildman–Crippen LogP) is 9.55. The molecule has 3 rings (SSSR count). The van der Waals surface area contributed by atoms with Crippen molar-refractivity contribution in [1.82, 2.24) is 5.32 Å². The van der Waals surface area contributed by atoms with E-state index in [9.17, 15) is 0 Å². The van der Waals surface area contributed by atoms with Crippen LogP contribution in [0.5, 0.6) is 0 Å². The molecule has 0 spiro atoms. The summed E-state index contributed by atoms with van der Waals surface area (Å²) in [6, 6.07) is 14.0. The third-order valence-electron chi connectivity index (χ3n) is 8.88. The van der Waals surface area contributed by atoms with E-state index in [2.05, 4.69) is 106 Å². The fourth-order valence-corrected chi connectivity index (χ4v) is 6.26. The van der Waals surface area contributed by atoms with Crippen LogP contribution in [-0.4, -0.2) is 20.1 Å². The van der Waals surface area contributed by atoms with Crippen LogP contribution in [0.25, 0.3) is 5.70 Å². The number of aryl methyl sites for hydroxylation is 3. The second-order valence-electron chi connectivity index (χ2n) is 12.4. The van der Waals surface area contributed by atoms with Gasteiger partial charge in [0.15, 0.2) is 0 Å². The molecule has 2 aromatic carbocycles. The van der Waals surface area contributed by atoms with E-state index in [1.807, 2.05) is 14.0 Å². The summed E-state index contributed by atoms with van der Waals surface area (Å²) >= 11 is 0. The molecule has 0 heterocycles. The number of benzene rings is 2. The van der Waals surface area contributed by atoms with E-state index in [-0.39, 0.29) is 0 Å². The third kappa shape index (κ3) is 9.29. The molecule has 0 saturated heterocycles. The molecule has 0 radical (unpaired) electrons. The minimum atomic E-state index is 0.583. The number of anilines is 1. The van der Waals surface area contributed by atoms with Gasteiger partial charge in [-0.15, -0.1) is 5.92 Å². The summed E-state index contributed by atoms with van der Waals surface area (Å²) in [4.78, 5) is 2.70. The average molecular weight is 553 g/mol. The van der Waals surface area contributed by atoms with Crippen LogP contribution in [0.2, 0.25) is 0 Å². The summed E-state index contributed by atoms with van der Waals surface area (Å²) in [5.74, 6) is 8.75. The van der Waals surface area contributed by atoms with Gasteiger partial charge in [0.2, 0.25) is 0 Å². The quantitative estimate of drug-likeness (QED) is 0.165. The molecule has 0 aromatic heterocycles. The third-order valence-corrected chi connectivity index (χ3v) is 8.88. The molecule has 2 unspecified atom stereocenters. The number of hydrogen-bond acceptors (Lipinski definition) is 2. The van der Waals surface area contributed by atoms with Gasteiger partial charge in [-0.3, -0.25) is 0 Å². The SMILES string of the molecule is C=C(NC)c1ccc(CC)c(N(CCc2ccc(C)cc2CCC)CC2CCC2/C(C#CC)=C/CCCC(C)C)c1. The van der Waals surface area contributed by atoms with E-state index < -0.39 is 0 Å². The van der Waals surface area contributed by atoms with Crippen LogP contribution in [0.1, 0.15) is 101 Å². The van der Waals surface area contributed by atoms with Gasteiger partial charge < -0.3 is 10.2 Å². The van der Waals surface area contributed by atoms with E-state index in [0.29, 0.717) is 11.8 Å². The number of rotatable bonds is 16. The van der Waals surface area contributed by atoms with E-state index in [1.165, 1.54) is 71.2 Å². The highest BCUT2D eigenvalue weighted by molar-refractivity contribution is 5.68. The predicted molar refractivity (Wildman–Crippen MR) is 181 cm³/mol. The maximum absolute atomic E-state index is 4.27. The van der Waals surface area contributed by atoms with Crippen molar-refractivity contribution in [2.75, 3.05) is 25.0 Å². The molecule has 41 heavy (non-hydrogen) atoms. The van der Waals surface area contributed by atoms with Gasteiger partial charge in [-0.1, -0.05) is 95.0 Å². The first-order valence-electron chi connectivity index (χ1n) is 16.3. The van der Waals surface area contributed by atoms with Crippen LogP contribution < -0.4 is 10.2 Å². The van der Waals surface area contributed by atoms with Crippen molar-refractivity contribution >= 4 is 11.4 Å². The van der Waals surface area contributed by atoms with Crippen molar-refractivity contribution in [3.8, 4) is 11.8 Å². The maximum Gasteiger partial charge on any atom is 0.0405 e. The lowest BCUT2D eigenvalue weighted by Crippen LogP contribution is -2.40. The standard InChI is InChI=1S/C39H56N2/c1-9-14-34(17-13-12-16-29(4)5)38-23-22-37(38)28-41(25-24-33-19-18-30(6)26-36(33)15-10-2)39-27-35(31(7)40-8)21-20-32(39)11-3/h17-21,26-27,29,37-38,40H,7,10-13,15-16,22-25,28H2,1-6,8H3/b34-17+. The van der Waals surface area contributed by atoms with Crippen LogP contribution in [0, 0.1) is 36.5 Å². The van der Waals surface area contributed by atoms with Gasteiger partial charge in [-0.2, -0.15) is 0 Å². The molecule has 0 amide bonds. The Morgan fingerprint density at radius 1 is 1.07 bits per heavy atom. The number of unbranched alkanes of at least 4 members (excludes halogenated alkanes) is 1. The Hall–Kier alpha value is -2.92. The van der Waals surface area contributed by atoms with Crippen molar-refractivity contribution in [2.45, 2.75) is 99.3 Å². The number of allylic oxidation sites excluding steroid dienone is 2. The van der Waals surface area contributed by atoms with E-state index in [4.69, 9.17) is 0 Å². The molecule has 1 aliphatic rings. The number of nitrogens with one attached hydrogen (secondary N) is 1. The lowest BCUT2D eigenvalue weighted by Gasteiger charge is -2.41. The fraction of sp³-hybridized carbons (Fsp3) is 0.538. The number of nitrogens with zero attached hydrogens (tertiary/aromatic N) is 1. The fourth-order valence-electron chi connectivity index (χ4n) is 6.26. The number of hydrogen-bond donors (Lipinski definition) is 1. The molecular formula is C39H56N2. The highest BCUT2D eigenvalue weighted by Crippen LogP contribution is 2.41. The highest BCUT2D eigenvalue weighted by atomic mass is 15.1. The first-order chi connectivity index (χ1) is 19.8. The summed E-state index contributed by atoms with van der Waals surface area (Å²) in [7, 11) is 1.96. The smallest absolute Gasteiger partial charge is 0.0405 e. The summed E-state index contributed by atoms with van der Waals surface area (Å²) in [6.45, 7) is 19.8. The Kier molecular flexibility index (Phi) is 13.1. The van der Waals surface area contributed by atoms with Crippen molar-refractivity contribution < 1.29 is 0 Å². The zero-order valence-electron chi connectivity index (χ0n) is 27.2. The molecule has 2 nitrogen and oxygen atoms in total. The first kappa shape index (κ1) is 32.6. The van der Waals surface area contributed by atoms with E-state index >= 15 is 0 Å². The Labute approximate surface area is 252 Å². The largest absolute Gasteiger partial charge is 0.388 e. The maximum atomic E-state index is 4.27. The van der Waals surface area contributed by atoms with Gasteiger partial charge in [0.05, 0.1) is 0 Å². The summed E-state index contributed by atoms with van der Waals surface area (Å²) in [5, 5.41) is 3.26. The van der Waals surface area contributed by atoms with Gasteiger partial charge in [-0.05, 0) is 105 Å². The van der Waals surface area contributed by atoms with E-state index in [0.717, 1.165) is 50.4 Å². The minimum absolute atomic E-state index is 0.583. The van der Waals surface area contributed by atoms with Crippen LogP contribution in [0.4, 0.5) is 5.69 Å². The van der Waals surface area contributed by atoms with Crippen molar-refractivity contribution in [2.24, 2.45) is 17.8 Å². The lowest BCUT2D eigenvalue weighted by molar-refractivity contribution is 0.222. The topological polar surface area (TPSA) is 15.3 Å². The second kappa shape index (κ2) is 16.5. The zero-order valence-corrected chi connectivity index (χ0v) is 27.2. The first-order valence-corrected chi connectivity index (χ1v) is 16.3. The monoisotopic (exact) mass is 552 g/mol. The summed E-state index contributed by atoms with van der Waals surface area (Å²) in [5.41, 5.74) is 10.7. The molecule has 1 saturated carbocycles. The van der Waals surface area contributed by atoms with Gasteiger partial charge in [0, 0.05) is 37.1 Å². The Bertz CT molecular complexity index is 1220. The second-order valence-corrected chi connectivity index (χ2v) is 12.4. The molecule has 2 atom stereocenters. The molecule has 2 heteroatoms. The molecule has 1 N–H and O–H groups in total. The van der Waals surface area contributed by atoms with Crippen LogP contribution in [0.3, 0.4) is 0 Å². The summed E-state index contributed by atoms with van der Waals surface area (Å²) in [6.07, 6.45) is 13.1. The van der Waals surface area contributed by atoms with Gasteiger partial charge in [0.1, 0.15) is 0 Å². The zero-order chi connectivity index (χ0) is 29.8. The van der Waals surface area contributed by atoms with Crippen molar-refractivity contribution in [3.05, 3.63) is 82.4 Å². The Morgan fingerprint density at radius 2 is 1.85 bits per heavy atom. The van der Waals surface area contributed by atoms with Crippen molar-refractivity contribution in [1.29, 1.82) is 0 Å². The Balaban J connectivity index is 1.91. The molecular weight excluding hydrogens is 496 g/mol. The molecule has 0 aliphatic heterocycles. The molecule has 2 aromatic rings. The summed E-state index contributed by atoms with van der Waals surface area (Å²) < 4.78 is 0. The average Bonchev–Trinajstić information content (AvgIpc) is 2.95. The van der Waals surface area contributed by atoms with Crippen LogP contribution in [-0.2, 0) is 19.3 Å². The van der Waals surface area contributed by atoms with Gasteiger partial charge in [-0.25, -0.2) is 0 Å². The van der Waals surface area contributed by atoms with Gasteiger partial charge >= 0.3 is 0 Å². The lowest BCUT2D eigenvalue weighted by atomic mass is 9.69. The molecule has 1 fully saturated rings. The van der Waals surface area contributed by atoms with Crippen molar-refractivity contribution in [3.63, 3.8) is 0 Å². The Morgan fingerprint density at radius 3 is 2.49 bits per heavy atom. The molecule has 222 valence electrons.